The van der Waals surface area contributed by atoms with E-state index in [2.05, 4.69) is 15.4 Å². The Labute approximate surface area is 197 Å². The molecule has 3 N–H and O–H groups in total. The number of sulfonamides is 1. The molecule has 0 heterocycles. The van der Waals surface area contributed by atoms with Crippen molar-refractivity contribution in [2.75, 3.05) is 29.1 Å². The first-order valence-corrected chi connectivity index (χ1v) is 11.8. The van der Waals surface area contributed by atoms with Gasteiger partial charge in [-0.25, -0.2) is 8.42 Å². The first-order valence-electron chi connectivity index (χ1n) is 9.58. The largest absolute Gasteiger partial charge is 0.495 e. The highest BCUT2D eigenvalue weighted by molar-refractivity contribution is 7.92. The summed E-state index contributed by atoms with van der Waals surface area (Å²) in [5, 5.41) is 6.89. The molecule has 7 nitrogen and oxygen atoms in total. The summed E-state index contributed by atoms with van der Waals surface area (Å²) in [6, 6.07) is 18.2. The standard InChI is InChI=1S/C22H22ClN3O4S2/c1-3-30-18-9-7-16(8-10-18)26-32(27,28)19-11-12-20(21(14-19)29-2)25-22(31)24-17-6-4-5-15(23)13-17/h4-14,26H,3H2,1-2H3,(H2,24,25,31). The van der Waals surface area contributed by atoms with Crippen LogP contribution in [0.15, 0.2) is 71.6 Å². The lowest BCUT2D eigenvalue weighted by atomic mass is 10.3. The fraction of sp³-hybridized carbons (Fsp3) is 0.136. The number of thiocarbonyl (C=S) groups is 1. The van der Waals surface area contributed by atoms with Gasteiger partial charge in [-0.15, -0.1) is 0 Å². The lowest BCUT2D eigenvalue weighted by molar-refractivity contribution is 0.340. The summed E-state index contributed by atoms with van der Waals surface area (Å²) in [6.07, 6.45) is 0. The van der Waals surface area contributed by atoms with Crippen molar-refractivity contribution in [3.05, 3.63) is 71.8 Å². The molecule has 0 atom stereocenters. The fourth-order valence-corrected chi connectivity index (χ4v) is 4.28. The summed E-state index contributed by atoms with van der Waals surface area (Å²) in [5.74, 6) is 0.977. The van der Waals surface area contributed by atoms with E-state index in [-0.39, 0.29) is 4.90 Å². The second-order valence-corrected chi connectivity index (χ2v) is 9.04. The molecule has 168 valence electrons. The number of anilines is 3. The number of benzene rings is 3. The van der Waals surface area contributed by atoms with Gasteiger partial charge in [0.1, 0.15) is 11.5 Å². The van der Waals surface area contributed by atoms with Gasteiger partial charge in [0.15, 0.2) is 5.11 Å². The Hall–Kier alpha value is -3.01. The van der Waals surface area contributed by atoms with Crippen molar-refractivity contribution in [2.45, 2.75) is 11.8 Å². The van der Waals surface area contributed by atoms with Gasteiger partial charge >= 0.3 is 0 Å². The van der Waals surface area contributed by atoms with Gasteiger partial charge in [0, 0.05) is 22.5 Å². The first kappa shape index (κ1) is 23.6. The third-order valence-corrected chi connectivity index (χ3v) is 6.05. The summed E-state index contributed by atoms with van der Waals surface area (Å²) in [7, 11) is -2.38. The van der Waals surface area contributed by atoms with Crippen molar-refractivity contribution in [3.63, 3.8) is 0 Å². The molecule has 0 saturated heterocycles. The number of halogens is 1. The number of hydrogen-bond acceptors (Lipinski definition) is 5. The molecule has 0 aromatic heterocycles. The van der Waals surface area contributed by atoms with Crippen LogP contribution in [0.5, 0.6) is 11.5 Å². The van der Waals surface area contributed by atoms with Gasteiger partial charge in [0.05, 0.1) is 24.3 Å². The SMILES string of the molecule is CCOc1ccc(NS(=O)(=O)c2ccc(NC(=S)Nc3cccc(Cl)c3)c(OC)c2)cc1. The van der Waals surface area contributed by atoms with Crippen molar-refractivity contribution in [1.82, 2.24) is 0 Å². The molecule has 0 aliphatic heterocycles. The number of nitrogens with one attached hydrogen (secondary N) is 3. The maximum Gasteiger partial charge on any atom is 0.262 e. The molecule has 0 fully saturated rings. The van der Waals surface area contributed by atoms with E-state index in [4.69, 9.17) is 33.3 Å². The van der Waals surface area contributed by atoms with Gasteiger partial charge in [-0.1, -0.05) is 17.7 Å². The van der Waals surface area contributed by atoms with E-state index >= 15 is 0 Å². The van der Waals surface area contributed by atoms with E-state index in [1.807, 2.05) is 13.0 Å². The molecule has 3 aromatic rings. The van der Waals surface area contributed by atoms with Gasteiger partial charge in [-0.05, 0) is 73.7 Å². The smallest absolute Gasteiger partial charge is 0.262 e. The molecule has 0 aliphatic rings. The third kappa shape index (κ3) is 6.25. The topological polar surface area (TPSA) is 88.7 Å². The average molecular weight is 492 g/mol. The fourth-order valence-electron chi connectivity index (χ4n) is 2.79. The van der Waals surface area contributed by atoms with Crippen molar-refractivity contribution >= 4 is 56.0 Å². The molecular weight excluding hydrogens is 470 g/mol. The summed E-state index contributed by atoms with van der Waals surface area (Å²) in [5.41, 5.74) is 1.64. The summed E-state index contributed by atoms with van der Waals surface area (Å²) < 4.78 is 38.9. The van der Waals surface area contributed by atoms with E-state index in [1.165, 1.54) is 19.2 Å². The first-order chi connectivity index (χ1) is 15.3. The molecule has 0 amide bonds. The Morgan fingerprint density at radius 3 is 2.41 bits per heavy atom. The summed E-state index contributed by atoms with van der Waals surface area (Å²) in [6.45, 7) is 2.41. The Morgan fingerprint density at radius 2 is 1.75 bits per heavy atom. The van der Waals surface area contributed by atoms with Crippen molar-refractivity contribution in [3.8, 4) is 11.5 Å². The highest BCUT2D eigenvalue weighted by Crippen LogP contribution is 2.29. The zero-order valence-corrected chi connectivity index (χ0v) is 19.8. The van der Waals surface area contributed by atoms with Crippen molar-refractivity contribution in [1.29, 1.82) is 0 Å². The van der Waals surface area contributed by atoms with Gasteiger partial charge in [-0.2, -0.15) is 0 Å². The van der Waals surface area contributed by atoms with Crippen LogP contribution in [-0.4, -0.2) is 27.2 Å². The molecule has 0 bridgehead atoms. The van der Waals surface area contributed by atoms with Crippen LogP contribution in [0.1, 0.15) is 6.92 Å². The van der Waals surface area contributed by atoms with Gasteiger partial charge < -0.3 is 20.1 Å². The maximum absolute atomic E-state index is 12.8. The minimum Gasteiger partial charge on any atom is -0.495 e. The van der Waals surface area contributed by atoms with Crippen molar-refractivity contribution < 1.29 is 17.9 Å². The van der Waals surface area contributed by atoms with Crippen LogP contribution in [0, 0.1) is 0 Å². The van der Waals surface area contributed by atoms with Crippen LogP contribution in [0.25, 0.3) is 0 Å². The van der Waals surface area contributed by atoms with E-state index in [0.717, 1.165) is 0 Å². The van der Waals surface area contributed by atoms with Crippen LogP contribution >= 0.6 is 23.8 Å². The monoisotopic (exact) mass is 491 g/mol. The molecule has 0 radical (unpaired) electrons. The Balaban J connectivity index is 1.73. The molecule has 0 saturated carbocycles. The molecule has 0 unspecified atom stereocenters. The Kier molecular flexibility index (Phi) is 7.79. The average Bonchev–Trinajstić information content (AvgIpc) is 2.75. The van der Waals surface area contributed by atoms with Gasteiger partial charge in [-0.3, -0.25) is 4.72 Å². The van der Waals surface area contributed by atoms with E-state index in [1.54, 1.807) is 48.5 Å². The highest BCUT2D eigenvalue weighted by Gasteiger charge is 2.17. The zero-order valence-electron chi connectivity index (χ0n) is 17.4. The summed E-state index contributed by atoms with van der Waals surface area (Å²) in [4.78, 5) is 0.0440. The van der Waals surface area contributed by atoms with Crippen LogP contribution < -0.4 is 24.8 Å². The number of methoxy groups -OCH3 is 1. The summed E-state index contributed by atoms with van der Waals surface area (Å²) >= 11 is 11.3. The number of hydrogen-bond donors (Lipinski definition) is 3. The molecule has 0 aliphatic carbocycles. The molecule has 0 spiro atoms. The Morgan fingerprint density at radius 1 is 1.00 bits per heavy atom. The van der Waals surface area contributed by atoms with Crippen molar-refractivity contribution in [2.24, 2.45) is 0 Å². The van der Waals surface area contributed by atoms with E-state index in [9.17, 15) is 8.42 Å². The van der Waals surface area contributed by atoms with Crippen LogP contribution in [0.3, 0.4) is 0 Å². The number of ether oxygens (including phenoxy) is 2. The van der Waals surface area contributed by atoms with Crippen LogP contribution in [-0.2, 0) is 10.0 Å². The zero-order chi connectivity index (χ0) is 23.1. The van der Waals surface area contributed by atoms with E-state index in [0.29, 0.717) is 45.3 Å². The quantitative estimate of drug-likeness (QED) is 0.366. The predicted molar refractivity (Wildman–Crippen MR) is 133 cm³/mol. The highest BCUT2D eigenvalue weighted by atomic mass is 35.5. The minimum absolute atomic E-state index is 0.0440. The lowest BCUT2D eigenvalue weighted by Crippen LogP contribution is -2.20. The number of rotatable bonds is 8. The predicted octanol–water partition coefficient (Wildman–Crippen LogP) is 5.36. The molecule has 32 heavy (non-hydrogen) atoms. The van der Waals surface area contributed by atoms with E-state index < -0.39 is 10.0 Å². The van der Waals surface area contributed by atoms with Gasteiger partial charge in [0.2, 0.25) is 0 Å². The van der Waals surface area contributed by atoms with Crippen LogP contribution in [0.4, 0.5) is 17.1 Å². The van der Waals surface area contributed by atoms with Gasteiger partial charge in [0.25, 0.3) is 10.0 Å². The maximum atomic E-state index is 12.8. The molecule has 3 rings (SSSR count). The lowest BCUT2D eigenvalue weighted by Gasteiger charge is -2.15. The second kappa shape index (κ2) is 10.5. The molecular formula is C22H22ClN3O4S2. The third-order valence-electron chi connectivity index (χ3n) is 4.23. The molecule has 3 aromatic carbocycles. The normalized spacial score (nSPS) is 10.8. The second-order valence-electron chi connectivity index (χ2n) is 6.51. The molecule has 10 heteroatoms. The van der Waals surface area contributed by atoms with Crippen LogP contribution in [0.2, 0.25) is 5.02 Å². The Bertz CT molecular complexity index is 1200. The minimum atomic E-state index is -3.83.